The SMILES string of the molecule is C[C@@H](C(=O)O)N(C)C.O=C1CCC(N2C(=O)c3cccc(F)c3C2=O)C(=O)N1CCO. The number of aliphatic carboxylic acids is 1. The van der Waals surface area contributed by atoms with E-state index >= 15 is 0 Å². The molecule has 0 bridgehead atoms. The summed E-state index contributed by atoms with van der Waals surface area (Å²) in [6.07, 6.45) is -0.0427. The molecule has 1 aromatic rings. The van der Waals surface area contributed by atoms with Gasteiger partial charge in [0, 0.05) is 6.42 Å². The number of fused-ring (bicyclic) bond motifs is 1. The predicted molar refractivity (Wildman–Crippen MR) is 105 cm³/mol. The number of rotatable bonds is 5. The van der Waals surface area contributed by atoms with Crippen LogP contribution in [0.5, 0.6) is 0 Å². The van der Waals surface area contributed by atoms with Crippen molar-refractivity contribution in [1.29, 1.82) is 0 Å². The van der Waals surface area contributed by atoms with Crippen LogP contribution in [0.15, 0.2) is 18.2 Å². The first-order valence-electron chi connectivity index (χ1n) is 9.53. The van der Waals surface area contributed by atoms with Crippen LogP contribution in [-0.2, 0) is 14.4 Å². The summed E-state index contributed by atoms with van der Waals surface area (Å²) in [5, 5.41) is 17.3. The molecule has 0 saturated carbocycles. The fourth-order valence-corrected chi connectivity index (χ4v) is 3.16. The molecule has 11 heteroatoms. The Bertz CT molecular complexity index is 918. The minimum Gasteiger partial charge on any atom is -0.480 e. The highest BCUT2D eigenvalue weighted by Gasteiger charge is 2.47. The van der Waals surface area contributed by atoms with E-state index in [0.717, 1.165) is 11.0 Å². The highest BCUT2D eigenvalue weighted by molar-refractivity contribution is 6.23. The molecule has 0 spiro atoms. The first-order valence-corrected chi connectivity index (χ1v) is 9.53. The molecule has 2 atom stereocenters. The van der Waals surface area contributed by atoms with E-state index in [1.807, 2.05) is 0 Å². The quantitative estimate of drug-likeness (QED) is 0.613. The van der Waals surface area contributed by atoms with Gasteiger partial charge in [0.1, 0.15) is 17.9 Å². The number of benzene rings is 1. The van der Waals surface area contributed by atoms with Crippen LogP contribution in [-0.4, -0.2) is 93.8 Å². The second kappa shape index (κ2) is 9.75. The van der Waals surface area contributed by atoms with E-state index in [1.165, 1.54) is 12.1 Å². The molecule has 31 heavy (non-hydrogen) atoms. The van der Waals surface area contributed by atoms with Crippen molar-refractivity contribution in [2.45, 2.75) is 31.8 Å². The summed E-state index contributed by atoms with van der Waals surface area (Å²) < 4.78 is 13.8. The molecule has 3 rings (SSSR count). The van der Waals surface area contributed by atoms with Crippen molar-refractivity contribution < 1.29 is 38.6 Å². The average Bonchev–Trinajstić information content (AvgIpc) is 2.97. The minimum absolute atomic E-state index is 0.00726. The van der Waals surface area contributed by atoms with E-state index in [2.05, 4.69) is 0 Å². The Kier molecular flexibility index (Phi) is 7.58. The monoisotopic (exact) mass is 437 g/mol. The van der Waals surface area contributed by atoms with E-state index in [9.17, 15) is 28.4 Å². The van der Waals surface area contributed by atoms with Gasteiger partial charge in [-0.3, -0.25) is 38.7 Å². The van der Waals surface area contributed by atoms with Crippen LogP contribution in [0.1, 0.15) is 40.5 Å². The molecule has 1 unspecified atom stereocenters. The zero-order valence-electron chi connectivity index (χ0n) is 17.4. The number of carboxylic acids is 1. The zero-order chi connectivity index (χ0) is 23.5. The van der Waals surface area contributed by atoms with Crippen molar-refractivity contribution in [3.63, 3.8) is 0 Å². The van der Waals surface area contributed by atoms with Gasteiger partial charge < -0.3 is 10.2 Å². The van der Waals surface area contributed by atoms with Gasteiger partial charge >= 0.3 is 5.97 Å². The number of likely N-dealkylation sites (N-methyl/N-ethyl adjacent to an activating group) is 1. The summed E-state index contributed by atoms with van der Waals surface area (Å²) in [6, 6.07) is 2.16. The van der Waals surface area contributed by atoms with Crippen molar-refractivity contribution in [1.82, 2.24) is 14.7 Å². The van der Waals surface area contributed by atoms with Crippen LogP contribution in [0.2, 0.25) is 0 Å². The number of aliphatic hydroxyl groups excluding tert-OH is 1. The molecule has 2 aliphatic rings. The molecular weight excluding hydrogens is 413 g/mol. The fourth-order valence-electron chi connectivity index (χ4n) is 3.16. The first kappa shape index (κ1) is 24.1. The Balaban J connectivity index is 0.000000366. The second-order valence-electron chi connectivity index (χ2n) is 7.28. The molecule has 0 aliphatic carbocycles. The number of carbonyl (C=O) groups is 5. The normalized spacial score (nSPS) is 19.4. The van der Waals surface area contributed by atoms with Crippen LogP contribution in [0.25, 0.3) is 0 Å². The van der Waals surface area contributed by atoms with Crippen molar-refractivity contribution in [2.75, 3.05) is 27.2 Å². The van der Waals surface area contributed by atoms with Gasteiger partial charge in [-0.05, 0) is 39.6 Å². The molecule has 168 valence electrons. The Labute approximate surface area is 177 Å². The number of amides is 4. The van der Waals surface area contributed by atoms with Gasteiger partial charge in [0.25, 0.3) is 17.7 Å². The molecule has 1 aromatic carbocycles. The number of halogens is 1. The Hall–Kier alpha value is -3.18. The molecule has 2 heterocycles. The van der Waals surface area contributed by atoms with Crippen LogP contribution < -0.4 is 0 Å². The van der Waals surface area contributed by atoms with E-state index in [1.54, 1.807) is 25.9 Å². The molecule has 1 saturated heterocycles. The number of carbonyl (C=O) groups excluding carboxylic acids is 4. The number of carboxylic acid groups (broad SMARTS) is 1. The first-order chi connectivity index (χ1) is 14.5. The van der Waals surface area contributed by atoms with Gasteiger partial charge in [0.2, 0.25) is 5.91 Å². The van der Waals surface area contributed by atoms with E-state index < -0.39 is 48.1 Å². The number of nitrogens with zero attached hydrogens (tertiary/aromatic N) is 3. The lowest BCUT2D eigenvalue weighted by molar-refractivity contribution is -0.152. The zero-order valence-corrected chi connectivity index (χ0v) is 17.4. The smallest absolute Gasteiger partial charge is 0.320 e. The van der Waals surface area contributed by atoms with Crippen molar-refractivity contribution in [3.05, 3.63) is 35.1 Å². The Morgan fingerprint density at radius 3 is 2.35 bits per heavy atom. The summed E-state index contributed by atoms with van der Waals surface area (Å²) in [5.74, 6) is -4.43. The lowest BCUT2D eigenvalue weighted by atomic mass is 10.0. The lowest BCUT2D eigenvalue weighted by Crippen LogP contribution is -2.56. The summed E-state index contributed by atoms with van der Waals surface area (Å²) in [6.45, 7) is 1.02. The third kappa shape index (κ3) is 4.78. The summed E-state index contributed by atoms with van der Waals surface area (Å²) >= 11 is 0. The minimum atomic E-state index is -1.16. The highest BCUT2D eigenvalue weighted by atomic mass is 19.1. The van der Waals surface area contributed by atoms with E-state index in [4.69, 9.17) is 10.2 Å². The molecule has 4 amide bonds. The van der Waals surface area contributed by atoms with Crippen molar-refractivity contribution >= 4 is 29.6 Å². The molecule has 1 fully saturated rings. The summed E-state index contributed by atoms with van der Waals surface area (Å²) in [4.78, 5) is 62.2. The van der Waals surface area contributed by atoms with Crippen LogP contribution >= 0.6 is 0 Å². The average molecular weight is 437 g/mol. The maximum Gasteiger partial charge on any atom is 0.320 e. The number of aliphatic hydroxyl groups is 1. The van der Waals surface area contributed by atoms with E-state index in [0.29, 0.717) is 4.90 Å². The lowest BCUT2D eigenvalue weighted by Gasteiger charge is -2.34. The second-order valence-corrected chi connectivity index (χ2v) is 7.28. The highest BCUT2D eigenvalue weighted by Crippen LogP contribution is 2.30. The largest absolute Gasteiger partial charge is 0.480 e. The van der Waals surface area contributed by atoms with Crippen LogP contribution in [0, 0.1) is 5.82 Å². The number of imide groups is 2. The molecule has 2 aliphatic heterocycles. The summed E-state index contributed by atoms with van der Waals surface area (Å²) in [5.41, 5.74) is -0.440. The summed E-state index contributed by atoms with van der Waals surface area (Å²) in [7, 11) is 3.47. The van der Waals surface area contributed by atoms with E-state index in [-0.39, 0.29) is 36.6 Å². The van der Waals surface area contributed by atoms with Crippen LogP contribution in [0.4, 0.5) is 4.39 Å². The van der Waals surface area contributed by atoms with Gasteiger partial charge in [-0.15, -0.1) is 0 Å². The van der Waals surface area contributed by atoms with Gasteiger partial charge in [0.15, 0.2) is 0 Å². The van der Waals surface area contributed by atoms with Crippen LogP contribution in [0.3, 0.4) is 0 Å². The topological polar surface area (TPSA) is 136 Å². The number of likely N-dealkylation sites (tertiary alicyclic amines) is 1. The Morgan fingerprint density at radius 1 is 1.23 bits per heavy atom. The maximum atomic E-state index is 13.8. The van der Waals surface area contributed by atoms with Gasteiger partial charge in [-0.25, -0.2) is 4.39 Å². The van der Waals surface area contributed by atoms with Crippen molar-refractivity contribution in [3.8, 4) is 0 Å². The van der Waals surface area contributed by atoms with Gasteiger partial charge in [-0.1, -0.05) is 6.07 Å². The van der Waals surface area contributed by atoms with Crippen molar-refractivity contribution in [2.24, 2.45) is 0 Å². The number of piperidine rings is 1. The Morgan fingerprint density at radius 2 is 1.87 bits per heavy atom. The molecule has 0 radical (unpaired) electrons. The fraction of sp³-hybridized carbons (Fsp3) is 0.450. The molecule has 2 N–H and O–H groups in total. The standard InChI is InChI=1S/C15H13FN2O5.C5H11NO2/c16-9-3-1-2-8-12(9)15(23)18(13(8)21)10-4-5-11(20)17(6-7-19)14(10)22;1-4(5(7)8)6(2)3/h1-3,10,19H,4-7H2;4H,1-3H3,(H,7,8)/t;4-/m.0/s1. The third-order valence-corrected chi connectivity index (χ3v) is 5.15. The molecular formula is C20H24FN3O7. The number of β-amino-alcohol motifs (C(OH)–C–C–N with tert-alkyl or cyclic N) is 1. The van der Waals surface area contributed by atoms with Gasteiger partial charge in [-0.2, -0.15) is 0 Å². The molecule has 0 aromatic heterocycles. The molecule has 10 nitrogen and oxygen atoms in total. The number of hydrogen-bond acceptors (Lipinski definition) is 7. The maximum absolute atomic E-state index is 13.8. The number of hydrogen-bond donors (Lipinski definition) is 2. The third-order valence-electron chi connectivity index (χ3n) is 5.15. The van der Waals surface area contributed by atoms with Gasteiger partial charge in [0.05, 0.1) is 24.3 Å². The predicted octanol–water partition coefficient (Wildman–Crippen LogP) is -0.0473.